The van der Waals surface area contributed by atoms with Crippen LogP contribution in [0.5, 0.6) is 0 Å². The quantitative estimate of drug-likeness (QED) is 0.433. The van der Waals surface area contributed by atoms with Gasteiger partial charge in [0.25, 0.3) is 0 Å². The Balaban J connectivity index is 2.80. The van der Waals surface area contributed by atoms with Crippen LogP contribution in [-0.4, -0.2) is 46.5 Å². The van der Waals surface area contributed by atoms with Crippen LogP contribution in [0.1, 0.15) is 26.7 Å². The molecule has 94 valence electrons. The normalized spacial score (nSPS) is 22.1. The smallest absolute Gasteiger partial charge is 0.426 e. The molecule has 2 atom stereocenters. The van der Waals surface area contributed by atoms with Crippen LogP contribution in [0, 0.1) is 17.8 Å². The molecule has 1 saturated heterocycles. The van der Waals surface area contributed by atoms with Gasteiger partial charge in [0.15, 0.2) is 0 Å². The standard InChI is InChI=1S/C11H19BN2O3/c1-4-11(2,3)9(13)10(15)14-7-5-6-8(14)12(16)17/h1,8-9,16-17H,5-7,13H2,2-3H3/t8-,9+/m0/s1. The molecule has 0 unspecified atom stereocenters. The van der Waals surface area contributed by atoms with Crippen molar-refractivity contribution in [2.24, 2.45) is 11.1 Å². The zero-order chi connectivity index (χ0) is 13.2. The molecule has 4 N–H and O–H groups in total. The van der Waals surface area contributed by atoms with Crippen LogP contribution in [0.15, 0.2) is 0 Å². The van der Waals surface area contributed by atoms with Gasteiger partial charge in [-0.25, -0.2) is 0 Å². The van der Waals surface area contributed by atoms with Gasteiger partial charge in [-0.05, 0) is 26.7 Å². The number of terminal acetylenes is 1. The number of likely N-dealkylation sites (tertiary alicyclic amines) is 1. The number of nitrogens with zero attached hydrogens (tertiary/aromatic N) is 1. The molecule has 1 aliphatic rings. The second-order valence-electron chi connectivity index (χ2n) is 5.00. The Bertz CT molecular complexity index is 338. The highest BCUT2D eigenvalue weighted by Gasteiger charge is 2.41. The Kier molecular flexibility index (Phi) is 4.20. The Morgan fingerprint density at radius 3 is 2.71 bits per heavy atom. The minimum atomic E-state index is -1.53. The highest BCUT2D eigenvalue weighted by Crippen LogP contribution is 2.24. The summed E-state index contributed by atoms with van der Waals surface area (Å²) in [5.74, 6) is 1.61. The van der Waals surface area contributed by atoms with Gasteiger partial charge in [-0.3, -0.25) is 4.79 Å². The third-order valence-corrected chi connectivity index (χ3v) is 3.34. The fourth-order valence-corrected chi connectivity index (χ4v) is 1.95. The summed E-state index contributed by atoms with van der Waals surface area (Å²) in [6.45, 7) is 3.93. The lowest BCUT2D eigenvalue weighted by atomic mass is 9.77. The summed E-state index contributed by atoms with van der Waals surface area (Å²) in [6.07, 6.45) is 6.66. The summed E-state index contributed by atoms with van der Waals surface area (Å²) in [5, 5.41) is 18.4. The maximum Gasteiger partial charge on any atom is 0.475 e. The molecule has 1 amide bonds. The second kappa shape index (κ2) is 5.09. The van der Waals surface area contributed by atoms with E-state index in [4.69, 9.17) is 12.2 Å². The molecule has 0 aliphatic carbocycles. The maximum atomic E-state index is 12.1. The molecule has 0 spiro atoms. The first-order chi connectivity index (χ1) is 7.81. The average Bonchev–Trinajstić information content (AvgIpc) is 2.75. The second-order valence-corrected chi connectivity index (χ2v) is 5.00. The Hall–Kier alpha value is -1.03. The van der Waals surface area contributed by atoms with Gasteiger partial charge >= 0.3 is 7.12 Å². The summed E-state index contributed by atoms with van der Waals surface area (Å²) in [4.78, 5) is 13.6. The van der Waals surface area contributed by atoms with Crippen LogP contribution in [0.4, 0.5) is 0 Å². The first-order valence-electron chi connectivity index (χ1n) is 5.71. The van der Waals surface area contributed by atoms with Crippen molar-refractivity contribution in [2.75, 3.05) is 6.54 Å². The monoisotopic (exact) mass is 238 g/mol. The van der Waals surface area contributed by atoms with Gasteiger partial charge in [-0.1, -0.05) is 5.92 Å². The SMILES string of the molecule is C#CC(C)(C)[C@H](N)C(=O)N1CCC[C@H]1B(O)O. The molecule has 0 bridgehead atoms. The molecule has 1 heterocycles. The molecule has 0 aromatic rings. The molecule has 6 heteroatoms. The molecule has 1 aliphatic heterocycles. The summed E-state index contributed by atoms with van der Waals surface area (Å²) in [5.41, 5.74) is 5.11. The Morgan fingerprint density at radius 1 is 1.65 bits per heavy atom. The van der Waals surface area contributed by atoms with Crippen LogP contribution in [0.3, 0.4) is 0 Å². The van der Waals surface area contributed by atoms with E-state index >= 15 is 0 Å². The van der Waals surface area contributed by atoms with Crippen molar-refractivity contribution in [2.45, 2.75) is 38.7 Å². The molecular weight excluding hydrogens is 219 g/mol. The highest BCUT2D eigenvalue weighted by molar-refractivity contribution is 6.43. The van der Waals surface area contributed by atoms with Crippen molar-refractivity contribution in [3.63, 3.8) is 0 Å². The first-order valence-corrected chi connectivity index (χ1v) is 5.71. The highest BCUT2D eigenvalue weighted by atomic mass is 16.4. The van der Waals surface area contributed by atoms with Crippen LogP contribution >= 0.6 is 0 Å². The molecule has 0 aromatic carbocycles. The summed E-state index contributed by atoms with van der Waals surface area (Å²) >= 11 is 0. The summed E-state index contributed by atoms with van der Waals surface area (Å²) < 4.78 is 0. The number of carbonyl (C=O) groups is 1. The van der Waals surface area contributed by atoms with Gasteiger partial charge in [0.1, 0.15) is 6.04 Å². The lowest BCUT2D eigenvalue weighted by molar-refractivity contribution is -0.134. The van der Waals surface area contributed by atoms with E-state index in [1.165, 1.54) is 4.90 Å². The molecular formula is C11H19BN2O3. The first kappa shape index (κ1) is 14.0. The number of hydrogen-bond acceptors (Lipinski definition) is 4. The number of hydrogen-bond donors (Lipinski definition) is 3. The zero-order valence-electron chi connectivity index (χ0n) is 10.3. The van der Waals surface area contributed by atoms with Gasteiger partial charge in [-0.15, -0.1) is 6.42 Å². The predicted molar refractivity (Wildman–Crippen MR) is 65.5 cm³/mol. The van der Waals surface area contributed by atoms with Crippen LogP contribution in [0.2, 0.25) is 0 Å². The van der Waals surface area contributed by atoms with Crippen molar-refractivity contribution in [3.05, 3.63) is 0 Å². The lowest BCUT2D eigenvalue weighted by Gasteiger charge is -2.32. The van der Waals surface area contributed by atoms with Crippen LogP contribution in [-0.2, 0) is 4.79 Å². The fraction of sp³-hybridized carbons (Fsp3) is 0.727. The van der Waals surface area contributed by atoms with E-state index in [0.29, 0.717) is 13.0 Å². The van der Waals surface area contributed by atoms with Crippen LogP contribution in [0.25, 0.3) is 0 Å². The Labute approximate surface area is 102 Å². The number of nitrogens with two attached hydrogens (primary N) is 1. The third kappa shape index (κ3) is 2.81. The van der Waals surface area contributed by atoms with Crippen molar-refractivity contribution < 1.29 is 14.8 Å². The van der Waals surface area contributed by atoms with Gasteiger partial charge in [0, 0.05) is 12.0 Å². The average molecular weight is 238 g/mol. The molecule has 1 fully saturated rings. The van der Waals surface area contributed by atoms with E-state index in [1.807, 2.05) is 0 Å². The van der Waals surface area contributed by atoms with Gasteiger partial charge < -0.3 is 20.7 Å². The maximum absolute atomic E-state index is 12.1. The van der Waals surface area contributed by atoms with Crippen molar-refractivity contribution >= 4 is 13.0 Å². The summed E-state index contributed by atoms with van der Waals surface area (Å²) in [6, 6.07) is -0.827. The molecule has 5 nitrogen and oxygen atoms in total. The van der Waals surface area contributed by atoms with Gasteiger partial charge in [0.05, 0.1) is 5.94 Å². The third-order valence-electron chi connectivity index (χ3n) is 3.34. The number of rotatable bonds is 3. The minimum Gasteiger partial charge on any atom is -0.426 e. The van der Waals surface area contributed by atoms with Crippen molar-refractivity contribution in [1.82, 2.24) is 4.90 Å². The van der Waals surface area contributed by atoms with E-state index in [9.17, 15) is 14.8 Å². The molecule has 17 heavy (non-hydrogen) atoms. The van der Waals surface area contributed by atoms with Crippen molar-refractivity contribution in [1.29, 1.82) is 0 Å². The van der Waals surface area contributed by atoms with Gasteiger partial charge in [0.2, 0.25) is 5.91 Å². The largest absolute Gasteiger partial charge is 0.475 e. The van der Waals surface area contributed by atoms with E-state index in [-0.39, 0.29) is 5.91 Å². The van der Waals surface area contributed by atoms with E-state index in [1.54, 1.807) is 13.8 Å². The molecule has 0 saturated carbocycles. The molecule has 0 radical (unpaired) electrons. The van der Waals surface area contributed by atoms with Gasteiger partial charge in [-0.2, -0.15) is 0 Å². The number of amides is 1. The topological polar surface area (TPSA) is 86.8 Å². The van der Waals surface area contributed by atoms with Crippen molar-refractivity contribution in [3.8, 4) is 12.3 Å². The predicted octanol–water partition coefficient (Wildman–Crippen LogP) is -1.02. The minimum absolute atomic E-state index is 0.316. The molecule has 1 rings (SSSR count). The number of carbonyl (C=O) groups excluding carboxylic acids is 1. The lowest BCUT2D eigenvalue weighted by Crippen LogP contribution is -2.55. The van der Waals surface area contributed by atoms with E-state index in [2.05, 4.69) is 5.92 Å². The Morgan fingerprint density at radius 2 is 2.24 bits per heavy atom. The van der Waals surface area contributed by atoms with Crippen LogP contribution < -0.4 is 5.73 Å². The zero-order valence-corrected chi connectivity index (χ0v) is 10.3. The van der Waals surface area contributed by atoms with E-state index < -0.39 is 24.5 Å². The van der Waals surface area contributed by atoms with E-state index in [0.717, 1.165) is 6.42 Å². The summed E-state index contributed by atoms with van der Waals surface area (Å²) in [7, 11) is -1.53. The fourth-order valence-electron chi connectivity index (χ4n) is 1.95. The molecule has 0 aromatic heterocycles.